The number of aryl methyl sites for hydroxylation is 1. The van der Waals surface area contributed by atoms with Crippen molar-refractivity contribution in [3.05, 3.63) is 51.9 Å². The molecule has 0 saturated carbocycles. The van der Waals surface area contributed by atoms with E-state index in [1.54, 1.807) is 23.7 Å². The summed E-state index contributed by atoms with van der Waals surface area (Å²) in [5.74, 6) is -0.0833. The smallest absolute Gasteiger partial charge is 0.275 e. The molecule has 0 bridgehead atoms. The van der Waals surface area contributed by atoms with Gasteiger partial charge in [-0.1, -0.05) is 19.1 Å². The normalized spacial score (nSPS) is 17.8. The van der Waals surface area contributed by atoms with Crippen LogP contribution in [-0.4, -0.2) is 14.8 Å². The molecule has 0 aliphatic carbocycles. The number of para-hydroxylation sites is 1. The summed E-state index contributed by atoms with van der Waals surface area (Å²) in [5.41, 5.74) is 3.95. The third-order valence-corrected chi connectivity index (χ3v) is 4.15. The largest absolute Gasteiger partial charge is 0.308 e. The topological polar surface area (TPSA) is 43.5 Å². The maximum absolute atomic E-state index is 12.4. The Morgan fingerprint density at radius 2 is 1.84 bits per heavy atom. The lowest BCUT2D eigenvalue weighted by atomic mass is 9.91. The summed E-state index contributed by atoms with van der Waals surface area (Å²) in [7, 11) is 1.77. The van der Waals surface area contributed by atoms with Gasteiger partial charge in [0.15, 0.2) is 5.78 Å². The van der Waals surface area contributed by atoms with Crippen molar-refractivity contribution in [3.8, 4) is 0 Å². The summed E-state index contributed by atoms with van der Waals surface area (Å²) in [6.45, 7) is 1.92. The fraction of sp³-hybridized carbons (Fsp3) is 0.200. The number of carbonyl (C=O) groups excluding carboxylic acids is 1. The van der Waals surface area contributed by atoms with Crippen LogP contribution in [-0.2, 0) is 7.05 Å². The van der Waals surface area contributed by atoms with Gasteiger partial charge in [0.25, 0.3) is 5.56 Å². The molecule has 4 heteroatoms. The first kappa shape index (κ1) is 10.6. The Hall–Kier alpha value is -2.36. The molecule has 4 rings (SSSR count). The Balaban J connectivity index is 2.47. The molecule has 1 aliphatic heterocycles. The second kappa shape index (κ2) is 3.15. The lowest BCUT2D eigenvalue weighted by Gasteiger charge is -2.22. The predicted molar refractivity (Wildman–Crippen MR) is 72.9 cm³/mol. The van der Waals surface area contributed by atoms with E-state index in [0.717, 1.165) is 16.6 Å². The van der Waals surface area contributed by atoms with E-state index in [1.807, 2.05) is 29.5 Å². The van der Waals surface area contributed by atoms with E-state index in [0.29, 0.717) is 11.2 Å². The highest BCUT2D eigenvalue weighted by Gasteiger charge is 2.29. The molecule has 1 aromatic carbocycles. The van der Waals surface area contributed by atoms with Crippen LogP contribution in [0.3, 0.4) is 0 Å². The summed E-state index contributed by atoms with van der Waals surface area (Å²) in [5, 5.41) is 0. The van der Waals surface area contributed by atoms with Crippen LogP contribution in [0.15, 0.2) is 35.1 Å². The summed E-state index contributed by atoms with van der Waals surface area (Å²) in [4.78, 5) is 24.7. The van der Waals surface area contributed by atoms with Gasteiger partial charge in [-0.3, -0.25) is 14.0 Å². The van der Waals surface area contributed by atoms with Crippen molar-refractivity contribution in [2.75, 3.05) is 0 Å². The molecule has 0 radical (unpaired) electrons. The van der Waals surface area contributed by atoms with Crippen molar-refractivity contribution in [2.45, 2.75) is 12.8 Å². The van der Waals surface area contributed by atoms with Crippen LogP contribution in [0, 0.1) is 0 Å². The standard InChI is InChI=1S/C15H12N2O2/c1-8-9-4-3-5-10-13(9)17-11(14(8)18)6-7-12(17)15(19)16(10)2/h3-8H,1-2H3. The van der Waals surface area contributed by atoms with Gasteiger partial charge in [0.05, 0.1) is 16.7 Å². The lowest BCUT2D eigenvalue weighted by Crippen LogP contribution is -2.25. The van der Waals surface area contributed by atoms with Crippen molar-refractivity contribution >= 4 is 22.3 Å². The molecular formula is C15H12N2O2. The van der Waals surface area contributed by atoms with Crippen LogP contribution >= 0.6 is 0 Å². The first-order valence-electron chi connectivity index (χ1n) is 6.28. The number of carbonyl (C=O) groups is 1. The minimum absolute atomic E-state index is 0.0711. The molecule has 19 heavy (non-hydrogen) atoms. The van der Waals surface area contributed by atoms with Gasteiger partial charge in [-0.2, -0.15) is 0 Å². The number of benzene rings is 1. The summed E-state index contributed by atoms with van der Waals surface area (Å²) >= 11 is 0. The van der Waals surface area contributed by atoms with Crippen molar-refractivity contribution in [1.82, 2.24) is 8.97 Å². The number of ketones is 1. The zero-order valence-corrected chi connectivity index (χ0v) is 10.7. The molecule has 1 unspecified atom stereocenters. The molecule has 0 saturated heterocycles. The summed E-state index contributed by atoms with van der Waals surface area (Å²) in [6.07, 6.45) is 0. The number of nitrogens with zero attached hydrogens (tertiary/aromatic N) is 2. The molecule has 1 aliphatic rings. The van der Waals surface area contributed by atoms with Crippen LogP contribution in [0.25, 0.3) is 16.6 Å². The average molecular weight is 252 g/mol. The van der Waals surface area contributed by atoms with E-state index in [9.17, 15) is 9.59 Å². The fourth-order valence-corrected chi connectivity index (χ4v) is 3.09. The number of Topliss-reactive ketones (excluding diaryl/α,β-unsaturated/α-hetero) is 1. The Bertz CT molecular complexity index is 931. The van der Waals surface area contributed by atoms with Crippen molar-refractivity contribution < 1.29 is 4.79 Å². The van der Waals surface area contributed by atoms with E-state index in [-0.39, 0.29) is 17.3 Å². The maximum atomic E-state index is 12.4. The van der Waals surface area contributed by atoms with Crippen LogP contribution in [0.4, 0.5) is 0 Å². The molecule has 3 heterocycles. The molecule has 2 aromatic heterocycles. The second-order valence-electron chi connectivity index (χ2n) is 5.10. The Labute approximate surface area is 108 Å². The van der Waals surface area contributed by atoms with E-state index in [4.69, 9.17) is 0 Å². The third kappa shape index (κ3) is 1.05. The van der Waals surface area contributed by atoms with Crippen LogP contribution in [0.5, 0.6) is 0 Å². The summed E-state index contributed by atoms with van der Waals surface area (Å²) in [6, 6.07) is 9.29. The van der Waals surface area contributed by atoms with Gasteiger partial charge in [0, 0.05) is 13.0 Å². The first-order chi connectivity index (χ1) is 9.11. The monoisotopic (exact) mass is 252 g/mol. The molecule has 0 N–H and O–H groups in total. The van der Waals surface area contributed by atoms with Gasteiger partial charge in [-0.05, 0) is 23.8 Å². The van der Waals surface area contributed by atoms with Gasteiger partial charge in [0.1, 0.15) is 5.52 Å². The molecule has 3 aromatic rings. The van der Waals surface area contributed by atoms with E-state index in [2.05, 4.69) is 0 Å². The molecule has 94 valence electrons. The minimum atomic E-state index is -0.160. The van der Waals surface area contributed by atoms with Crippen LogP contribution in [0.2, 0.25) is 0 Å². The van der Waals surface area contributed by atoms with Gasteiger partial charge in [-0.25, -0.2) is 0 Å². The molecule has 0 amide bonds. The van der Waals surface area contributed by atoms with E-state index in [1.165, 1.54) is 0 Å². The van der Waals surface area contributed by atoms with Crippen molar-refractivity contribution in [1.29, 1.82) is 0 Å². The zero-order valence-electron chi connectivity index (χ0n) is 10.7. The number of hydrogen-bond donors (Lipinski definition) is 0. The van der Waals surface area contributed by atoms with Crippen LogP contribution < -0.4 is 5.56 Å². The lowest BCUT2D eigenvalue weighted by molar-refractivity contribution is 0.0958. The molecule has 0 spiro atoms. The molecular weight excluding hydrogens is 240 g/mol. The van der Waals surface area contributed by atoms with E-state index < -0.39 is 0 Å². The first-order valence-corrected chi connectivity index (χ1v) is 6.28. The Morgan fingerprint density at radius 1 is 1.05 bits per heavy atom. The van der Waals surface area contributed by atoms with Gasteiger partial charge >= 0.3 is 0 Å². The summed E-state index contributed by atoms with van der Waals surface area (Å²) < 4.78 is 3.47. The van der Waals surface area contributed by atoms with Gasteiger partial charge in [-0.15, -0.1) is 0 Å². The van der Waals surface area contributed by atoms with Crippen molar-refractivity contribution in [2.24, 2.45) is 7.05 Å². The van der Waals surface area contributed by atoms with Crippen LogP contribution in [0.1, 0.15) is 28.9 Å². The molecule has 1 atom stereocenters. The fourth-order valence-electron chi connectivity index (χ4n) is 3.09. The average Bonchev–Trinajstić information content (AvgIpc) is 2.86. The highest BCUT2D eigenvalue weighted by molar-refractivity contribution is 6.06. The number of aromatic nitrogens is 2. The van der Waals surface area contributed by atoms with Crippen molar-refractivity contribution in [3.63, 3.8) is 0 Å². The van der Waals surface area contributed by atoms with Gasteiger partial charge < -0.3 is 4.57 Å². The second-order valence-corrected chi connectivity index (χ2v) is 5.10. The number of rotatable bonds is 0. The molecule has 0 fully saturated rings. The zero-order chi connectivity index (χ0) is 13.3. The Morgan fingerprint density at radius 3 is 2.63 bits per heavy atom. The highest BCUT2D eigenvalue weighted by atomic mass is 16.1. The van der Waals surface area contributed by atoms with Gasteiger partial charge in [0.2, 0.25) is 0 Å². The quantitative estimate of drug-likeness (QED) is 0.615. The maximum Gasteiger partial charge on any atom is 0.275 e. The highest BCUT2D eigenvalue weighted by Crippen LogP contribution is 2.33. The molecule has 4 nitrogen and oxygen atoms in total. The Kier molecular flexibility index (Phi) is 1.75. The minimum Gasteiger partial charge on any atom is -0.308 e. The number of hydrogen-bond acceptors (Lipinski definition) is 2. The SMILES string of the molecule is CC1C(=O)c2ccc3c(=O)n(C)c4cccc1c4n23. The van der Waals surface area contributed by atoms with E-state index >= 15 is 0 Å². The predicted octanol–water partition coefficient (Wildman–Crippen LogP) is 2.09. The third-order valence-electron chi connectivity index (χ3n) is 4.15.